The highest BCUT2D eigenvalue weighted by molar-refractivity contribution is 5.83. The Labute approximate surface area is 102 Å². The zero-order chi connectivity index (χ0) is 12.8. The van der Waals surface area contributed by atoms with Crippen LogP contribution in [0, 0.1) is 5.92 Å². The highest BCUT2D eigenvalue weighted by Gasteiger charge is 2.17. The van der Waals surface area contributed by atoms with Gasteiger partial charge >= 0.3 is 0 Å². The van der Waals surface area contributed by atoms with Crippen LogP contribution in [0.25, 0.3) is 0 Å². The Bertz CT molecular complexity index is 352. The van der Waals surface area contributed by atoms with E-state index in [4.69, 9.17) is 0 Å². The SMILES string of the molecule is CC(C(=O)NCC(O)C(C)C)c1cccnc1. The number of nitrogens with one attached hydrogen (secondary N) is 1. The van der Waals surface area contributed by atoms with Crippen LogP contribution in [0.3, 0.4) is 0 Å². The first-order chi connectivity index (χ1) is 8.02. The van der Waals surface area contributed by atoms with E-state index in [1.54, 1.807) is 12.4 Å². The van der Waals surface area contributed by atoms with E-state index in [1.807, 2.05) is 32.9 Å². The molecule has 0 aliphatic carbocycles. The second-order valence-electron chi connectivity index (χ2n) is 4.56. The van der Waals surface area contributed by atoms with Crippen molar-refractivity contribution >= 4 is 5.91 Å². The summed E-state index contributed by atoms with van der Waals surface area (Å²) in [7, 11) is 0. The fourth-order valence-corrected chi connectivity index (χ4v) is 1.38. The van der Waals surface area contributed by atoms with E-state index in [9.17, 15) is 9.90 Å². The molecular formula is C13H20N2O2. The van der Waals surface area contributed by atoms with Crippen LogP contribution < -0.4 is 5.32 Å². The van der Waals surface area contributed by atoms with E-state index in [1.165, 1.54) is 0 Å². The summed E-state index contributed by atoms with van der Waals surface area (Å²) in [5, 5.41) is 12.3. The molecule has 1 amide bonds. The van der Waals surface area contributed by atoms with E-state index in [-0.39, 0.29) is 17.7 Å². The summed E-state index contributed by atoms with van der Waals surface area (Å²) in [6, 6.07) is 3.68. The molecule has 94 valence electrons. The molecule has 2 unspecified atom stereocenters. The Hall–Kier alpha value is -1.42. The zero-order valence-corrected chi connectivity index (χ0v) is 10.6. The van der Waals surface area contributed by atoms with Crippen LogP contribution in [-0.4, -0.2) is 28.6 Å². The number of aliphatic hydroxyl groups is 1. The first kappa shape index (κ1) is 13.6. The number of nitrogens with zero attached hydrogens (tertiary/aromatic N) is 1. The molecule has 1 heterocycles. The summed E-state index contributed by atoms with van der Waals surface area (Å²) in [6.07, 6.45) is 2.86. The lowest BCUT2D eigenvalue weighted by Gasteiger charge is -2.17. The molecule has 0 bridgehead atoms. The van der Waals surface area contributed by atoms with Crippen LogP contribution in [-0.2, 0) is 4.79 Å². The predicted molar refractivity (Wildman–Crippen MR) is 66.5 cm³/mol. The lowest BCUT2D eigenvalue weighted by Crippen LogP contribution is -2.36. The maximum atomic E-state index is 11.8. The topological polar surface area (TPSA) is 62.2 Å². The summed E-state index contributed by atoms with van der Waals surface area (Å²) in [6.45, 7) is 5.96. The maximum Gasteiger partial charge on any atom is 0.227 e. The molecule has 4 heteroatoms. The largest absolute Gasteiger partial charge is 0.391 e. The Morgan fingerprint density at radius 2 is 2.18 bits per heavy atom. The third-order valence-corrected chi connectivity index (χ3v) is 2.83. The number of aromatic nitrogens is 1. The maximum absolute atomic E-state index is 11.8. The van der Waals surface area contributed by atoms with E-state index in [0.29, 0.717) is 6.54 Å². The average Bonchev–Trinajstić information content (AvgIpc) is 2.35. The highest BCUT2D eigenvalue weighted by atomic mass is 16.3. The number of carbonyl (C=O) groups is 1. The molecule has 0 radical (unpaired) electrons. The molecule has 2 N–H and O–H groups in total. The van der Waals surface area contributed by atoms with Crippen LogP contribution in [0.15, 0.2) is 24.5 Å². The molecule has 0 aliphatic rings. The van der Waals surface area contributed by atoms with E-state index in [0.717, 1.165) is 5.56 Å². The van der Waals surface area contributed by atoms with Crippen molar-refractivity contribution in [2.75, 3.05) is 6.54 Å². The van der Waals surface area contributed by atoms with Gasteiger partial charge in [-0.1, -0.05) is 19.9 Å². The lowest BCUT2D eigenvalue weighted by atomic mass is 10.0. The molecule has 0 fully saturated rings. The smallest absolute Gasteiger partial charge is 0.227 e. The average molecular weight is 236 g/mol. The van der Waals surface area contributed by atoms with Crippen molar-refractivity contribution in [2.45, 2.75) is 32.8 Å². The number of hydrogen-bond acceptors (Lipinski definition) is 3. The van der Waals surface area contributed by atoms with E-state index in [2.05, 4.69) is 10.3 Å². The van der Waals surface area contributed by atoms with Crippen molar-refractivity contribution in [3.8, 4) is 0 Å². The third kappa shape index (κ3) is 4.15. The Morgan fingerprint density at radius 3 is 2.71 bits per heavy atom. The second-order valence-corrected chi connectivity index (χ2v) is 4.56. The fraction of sp³-hybridized carbons (Fsp3) is 0.538. The number of amides is 1. The molecule has 2 atom stereocenters. The van der Waals surface area contributed by atoms with Crippen LogP contribution in [0.5, 0.6) is 0 Å². The molecular weight excluding hydrogens is 216 g/mol. The van der Waals surface area contributed by atoms with Crippen molar-refractivity contribution in [2.24, 2.45) is 5.92 Å². The molecule has 0 aliphatic heterocycles. The van der Waals surface area contributed by atoms with Crippen molar-refractivity contribution in [1.82, 2.24) is 10.3 Å². The standard InChI is InChI=1S/C13H20N2O2/c1-9(2)12(16)8-15-13(17)10(3)11-5-4-6-14-7-11/h4-7,9-10,12,16H,8H2,1-3H3,(H,15,17). The van der Waals surface area contributed by atoms with Gasteiger partial charge in [-0.25, -0.2) is 0 Å². The highest BCUT2D eigenvalue weighted by Crippen LogP contribution is 2.13. The Balaban J connectivity index is 2.48. The summed E-state index contributed by atoms with van der Waals surface area (Å²) in [5.74, 6) is -0.190. The molecule has 0 aromatic carbocycles. The van der Waals surface area contributed by atoms with Gasteiger partial charge in [-0.15, -0.1) is 0 Å². The monoisotopic (exact) mass is 236 g/mol. The van der Waals surface area contributed by atoms with Crippen LogP contribution in [0.1, 0.15) is 32.3 Å². The molecule has 1 rings (SSSR count). The van der Waals surface area contributed by atoms with E-state index < -0.39 is 6.10 Å². The van der Waals surface area contributed by atoms with Crippen LogP contribution in [0.2, 0.25) is 0 Å². The zero-order valence-electron chi connectivity index (χ0n) is 10.6. The molecule has 17 heavy (non-hydrogen) atoms. The summed E-state index contributed by atoms with van der Waals surface area (Å²) < 4.78 is 0. The van der Waals surface area contributed by atoms with Crippen LogP contribution in [0.4, 0.5) is 0 Å². The van der Waals surface area contributed by atoms with Crippen molar-refractivity contribution < 1.29 is 9.90 Å². The minimum absolute atomic E-state index is 0.0855. The van der Waals surface area contributed by atoms with E-state index >= 15 is 0 Å². The minimum Gasteiger partial charge on any atom is -0.391 e. The minimum atomic E-state index is -0.500. The molecule has 4 nitrogen and oxygen atoms in total. The normalized spacial score (nSPS) is 14.4. The third-order valence-electron chi connectivity index (χ3n) is 2.83. The molecule has 0 saturated carbocycles. The Kier molecular flexibility index (Phi) is 5.10. The van der Waals surface area contributed by atoms with Gasteiger partial charge in [-0.2, -0.15) is 0 Å². The van der Waals surface area contributed by atoms with Gasteiger partial charge in [0.1, 0.15) is 0 Å². The number of carbonyl (C=O) groups excluding carboxylic acids is 1. The summed E-state index contributed by atoms with van der Waals surface area (Å²) >= 11 is 0. The predicted octanol–water partition coefficient (Wildman–Crippen LogP) is 1.32. The lowest BCUT2D eigenvalue weighted by molar-refractivity contribution is -0.122. The molecule has 0 spiro atoms. The van der Waals surface area contributed by atoms with Gasteiger partial charge < -0.3 is 10.4 Å². The van der Waals surface area contributed by atoms with Gasteiger partial charge in [-0.05, 0) is 24.5 Å². The number of aliphatic hydroxyl groups excluding tert-OH is 1. The molecule has 1 aromatic rings. The van der Waals surface area contributed by atoms with Crippen molar-refractivity contribution in [3.05, 3.63) is 30.1 Å². The summed E-state index contributed by atoms with van der Waals surface area (Å²) in [4.78, 5) is 15.8. The molecule has 1 aromatic heterocycles. The van der Waals surface area contributed by atoms with Gasteiger partial charge in [0.25, 0.3) is 0 Å². The fourth-order valence-electron chi connectivity index (χ4n) is 1.38. The number of pyridine rings is 1. The first-order valence-corrected chi connectivity index (χ1v) is 5.88. The number of rotatable bonds is 5. The second kappa shape index (κ2) is 6.35. The van der Waals surface area contributed by atoms with Crippen LogP contribution >= 0.6 is 0 Å². The number of hydrogen-bond donors (Lipinski definition) is 2. The van der Waals surface area contributed by atoms with Gasteiger partial charge in [0, 0.05) is 18.9 Å². The van der Waals surface area contributed by atoms with Crippen molar-refractivity contribution in [3.63, 3.8) is 0 Å². The van der Waals surface area contributed by atoms with Crippen molar-refractivity contribution in [1.29, 1.82) is 0 Å². The first-order valence-electron chi connectivity index (χ1n) is 5.88. The van der Waals surface area contributed by atoms with Gasteiger partial charge in [-0.3, -0.25) is 9.78 Å². The van der Waals surface area contributed by atoms with Gasteiger partial charge in [0.15, 0.2) is 0 Å². The van der Waals surface area contributed by atoms with Gasteiger partial charge in [0.2, 0.25) is 5.91 Å². The van der Waals surface area contributed by atoms with Gasteiger partial charge in [0.05, 0.1) is 12.0 Å². The Morgan fingerprint density at radius 1 is 1.47 bits per heavy atom. The quantitative estimate of drug-likeness (QED) is 0.810. The summed E-state index contributed by atoms with van der Waals surface area (Å²) in [5.41, 5.74) is 0.879. The molecule has 0 saturated heterocycles.